The summed E-state index contributed by atoms with van der Waals surface area (Å²) in [6, 6.07) is 7.38. The maximum absolute atomic E-state index is 13.2. The van der Waals surface area contributed by atoms with Crippen LogP contribution in [0.1, 0.15) is 39.5 Å². The van der Waals surface area contributed by atoms with Crippen LogP contribution < -0.4 is 4.90 Å². The van der Waals surface area contributed by atoms with E-state index in [0.29, 0.717) is 25.7 Å². The van der Waals surface area contributed by atoms with Gasteiger partial charge in [0.15, 0.2) is 0 Å². The van der Waals surface area contributed by atoms with Gasteiger partial charge in [-0.2, -0.15) is 0 Å². The van der Waals surface area contributed by atoms with E-state index in [1.54, 1.807) is 4.90 Å². The molecule has 3 heterocycles. The Bertz CT molecular complexity index is 841. The summed E-state index contributed by atoms with van der Waals surface area (Å²) >= 11 is 0. The lowest BCUT2D eigenvalue weighted by atomic mass is 9.76. The lowest BCUT2D eigenvalue weighted by Crippen LogP contribution is -2.52. The normalized spacial score (nSPS) is 25.7. The van der Waals surface area contributed by atoms with E-state index in [1.165, 1.54) is 12.1 Å². The van der Waals surface area contributed by atoms with E-state index in [-0.39, 0.29) is 29.3 Å². The van der Waals surface area contributed by atoms with Crippen LogP contribution in [-0.4, -0.2) is 91.7 Å². The molecule has 2 amide bonds. The van der Waals surface area contributed by atoms with E-state index in [0.717, 1.165) is 57.5 Å². The van der Waals surface area contributed by atoms with Crippen LogP contribution in [0.3, 0.4) is 0 Å². The Balaban J connectivity index is 1.28. The Kier molecular flexibility index (Phi) is 7.12. The van der Waals surface area contributed by atoms with Gasteiger partial charge in [-0.25, -0.2) is 9.18 Å². The number of ether oxygens (including phenoxy) is 1. The van der Waals surface area contributed by atoms with Crippen LogP contribution in [-0.2, 0) is 9.53 Å². The smallest absolute Gasteiger partial charge is 0.409 e. The van der Waals surface area contributed by atoms with Crippen molar-refractivity contribution in [3.8, 4) is 0 Å². The minimum atomic E-state index is -0.324. The first-order valence-corrected chi connectivity index (χ1v) is 12.3. The number of hydrogen-bond donors (Lipinski definition) is 0. The summed E-state index contributed by atoms with van der Waals surface area (Å²) in [7, 11) is 1.94. The molecule has 0 saturated carbocycles. The van der Waals surface area contributed by atoms with E-state index in [1.807, 2.05) is 31.0 Å². The zero-order valence-electron chi connectivity index (χ0n) is 20.1. The second kappa shape index (κ2) is 9.87. The highest BCUT2D eigenvalue weighted by Gasteiger charge is 2.51. The minimum absolute atomic E-state index is 0.204. The van der Waals surface area contributed by atoms with Crippen LogP contribution in [0, 0.1) is 11.2 Å². The fraction of sp³-hybridized carbons (Fsp3) is 0.680. The molecule has 0 aliphatic carbocycles. The van der Waals surface area contributed by atoms with Gasteiger partial charge in [0.1, 0.15) is 5.82 Å². The summed E-state index contributed by atoms with van der Waals surface area (Å²) in [6.45, 7) is 9.37. The van der Waals surface area contributed by atoms with E-state index < -0.39 is 0 Å². The van der Waals surface area contributed by atoms with Crippen LogP contribution in [0.25, 0.3) is 0 Å². The van der Waals surface area contributed by atoms with Crippen molar-refractivity contribution >= 4 is 17.7 Å². The van der Waals surface area contributed by atoms with Crippen molar-refractivity contribution in [2.75, 3.05) is 57.8 Å². The molecule has 8 heteroatoms. The Morgan fingerprint density at radius 1 is 1.15 bits per heavy atom. The molecule has 3 aliphatic heterocycles. The summed E-state index contributed by atoms with van der Waals surface area (Å²) in [4.78, 5) is 33.7. The van der Waals surface area contributed by atoms with Crippen molar-refractivity contribution in [3.63, 3.8) is 0 Å². The maximum Gasteiger partial charge on any atom is 0.409 e. The standard InChI is InChI=1S/C25H37FN4O3/c1-4-33-24(32)29-13-10-25(11-14-29)17-22(27(3)23(25)31)9-12-28-15-16-30(18-19(28)2)21-7-5-20(26)6-8-21/h5-8,19,22H,4,9-18H2,1-3H3/t19-,22-/m0/s1. The fourth-order valence-electron chi connectivity index (χ4n) is 5.79. The topological polar surface area (TPSA) is 56.3 Å². The third kappa shape index (κ3) is 4.95. The van der Waals surface area contributed by atoms with Gasteiger partial charge in [-0.1, -0.05) is 0 Å². The highest BCUT2D eigenvalue weighted by Crippen LogP contribution is 2.44. The van der Waals surface area contributed by atoms with Gasteiger partial charge >= 0.3 is 6.09 Å². The molecule has 4 rings (SSSR count). The number of piperidine rings is 1. The number of likely N-dealkylation sites (tertiary alicyclic amines) is 2. The average molecular weight is 461 g/mol. The van der Waals surface area contributed by atoms with E-state index in [9.17, 15) is 14.0 Å². The maximum atomic E-state index is 13.2. The Hall–Kier alpha value is -2.35. The van der Waals surface area contributed by atoms with Crippen LogP contribution in [0.2, 0.25) is 0 Å². The molecule has 0 N–H and O–H groups in total. The first-order valence-electron chi connectivity index (χ1n) is 12.3. The molecular formula is C25H37FN4O3. The van der Waals surface area contributed by atoms with Crippen molar-refractivity contribution in [3.05, 3.63) is 30.1 Å². The number of rotatable bonds is 5. The molecule has 3 aliphatic rings. The third-order valence-electron chi connectivity index (χ3n) is 7.90. The Morgan fingerprint density at radius 3 is 2.48 bits per heavy atom. The summed E-state index contributed by atoms with van der Waals surface area (Å²) in [6.07, 6.45) is 3.02. The lowest BCUT2D eigenvalue weighted by Gasteiger charge is -2.41. The largest absolute Gasteiger partial charge is 0.450 e. The minimum Gasteiger partial charge on any atom is -0.450 e. The molecule has 0 radical (unpaired) electrons. The van der Waals surface area contributed by atoms with Gasteiger partial charge in [0.2, 0.25) is 5.91 Å². The molecule has 3 fully saturated rings. The number of piperazine rings is 1. The van der Waals surface area contributed by atoms with Gasteiger partial charge in [0.25, 0.3) is 0 Å². The molecule has 1 spiro atoms. The van der Waals surface area contributed by atoms with Crippen molar-refractivity contribution in [1.29, 1.82) is 0 Å². The second-order valence-electron chi connectivity index (χ2n) is 9.84. The van der Waals surface area contributed by atoms with Gasteiger partial charge < -0.3 is 19.4 Å². The SMILES string of the molecule is CCOC(=O)N1CCC2(CC1)C[C@H](CCN1CCN(c3ccc(F)cc3)C[C@@H]1C)N(C)C2=O. The Labute approximate surface area is 196 Å². The molecule has 2 atom stereocenters. The van der Waals surface area contributed by atoms with Crippen molar-refractivity contribution in [2.24, 2.45) is 5.41 Å². The average Bonchev–Trinajstić information content (AvgIpc) is 3.04. The van der Waals surface area contributed by atoms with Gasteiger partial charge in [-0.05, 0) is 63.8 Å². The number of benzene rings is 1. The monoisotopic (exact) mass is 460 g/mol. The van der Waals surface area contributed by atoms with Gasteiger partial charge in [-0.3, -0.25) is 9.69 Å². The quantitative estimate of drug-likeness (QED) is 0.676. The van der Waals surface area contributed by atoms with Crippen molar-refractivity contribution in [1.82, 2.24) is 14.7 Å². The number of anilines is 1. The number of carbonyl (C=O) groups is 2. The predicted octanol–water partition coefficient (Wildman–Crippen LogP) is 3.20. The van der Waals surface area contributed by atoms with Crippen LogP contribution >= 0.6 is 0 Å². The summed E-state index contributed by atoms with van der Waals surface area (Å²) < 4.78 is 18.4. The number of halogens is 1. The van der Waals surface area contributed by atoms with Crippen molar-refractivity contribution < 1.29 is 18.7 Å². The fourth-order valence-corrected chi connectivity index (χ4v) is 5.79. The first kappa shape index (κ1) is 23.8. The number of amides is 2. The molecule has 182 valence electrons. The lowest BCUT2D eigenvalue weighted by molar-refractivity contribution is -0.137. The molecule has 0 aromatic heterocycles. The molecule has 33 heavy (non-hydrogen) atoms. The van der Waals surface area contributed by atoms with Crippen molar-refractivity contribution in [2.45, 2.75) is 51.6 Å². The molecule has 1 aromatic carbocycles. The summed E-state index contributed by atoms with van der Waals surface area (Å²) in [5.41, 5.74) is 0.745. The van der Waals surface area contributed by atoms with Crippen LogP contribution in [0.15, 0.2) is 24.3 Å². The van der Waals surface area contributed by atoms with E-state index in [2.05, 4.69) is 16.7 Å². The zero-order chi connectivity index (χ0) is 23.6. The van der Waals surface area contributed by atoms with Gasteiger partial charge in [0, 0.05) is 64.1 Å². The number of carbonyl (C=O) groups excluding carboxylic acids is 2. The predicted molar refractivity (Wildman–Crippen MR) is 126 cm³/mol. The summed E-state index contributed by atoms with van der Waals surface area (Å²) in [5, 5.41) is 0. The molecule has 1 aromatic rings. The van der Waals surface area contributed by atoms with E-state index in [4.69, 9.17) is 4.74 Å². The van der Waals surface area contributed by atoms with Gasteiger partial charge in [-0.15, -0.1) is 0 Å². The van der Waals surface area contributed by atoms with E-state index >= 15 is 0 Å². The van der Waals surface area contributed by atoms with Gasteiger partial charge in [0.05, 0.1) is 12.0 Å². The Morgan fingerprint density at radius 2 is 1.85 bits per heavy atom. The highest BCUT2D eigenvalue weighted by atomic mass is 19.1. The summed E-state index contributed by atoms with van der Waals surface area (Å²) in [5.74, 6) is 0.0372. The zero-order valence-corrected chi connectivity index (χ0v) is 20.1. The van der Waals surface area contributed by atoms with Crippen LogP contribution in [0.5, 0.6) is 0 Å². The number of nitrogens with zero attached hydrogens (tertiary/aromatic N) is 4. The molecule has 3 saturated heterocycles. The highest BCUT2D eigenvalue weighted by molar-refractivity contribution is 5.85. The molecular weight excluding hydrogens is 423 g/mol. The second-order valence-corrected chi connectivity index (χ2v) is 9.84. The first-order chi connectivity index (χ1) is 15.8. The molecule has 7 nitrogen and oxygen atoms in total. The molecule has 0 unspecified atom stereocenters. The number of hydrogen-bond acceptors (Lipinski definition) is 5. The van der Waals surface area contributed by atoms with Crippen LogP contribution in [0.4, 0.5) is 14.9 Å². The molecule has 0 bridgehead atoms. The third-order valence-corrected chi connectivity index (χ3v) is 7.90.